The van der Waals surface area contributed by atoms with Crippen LogP contribution >= 0.6 is 0 Å². The number of nitrogens with one attached hydrogen (secondary N) is 2. The maximum absolute atomic E-state index is 14.4. The summed E-state index contributed by atoms with van der Waals surface area (Å²) in [5, 5.41) is 6.48. The fourth-order valence-corrected chi connectivity index (χ4v) is 2.29. The fourth-order valence-electron chi connectivity index (χ4n) is 2.29. The van der Waals surface area contributed by atoms with Crippen molar-refractivity contribution in [3.8, 4) is 5.69 Å². The zero-order chi connectivity index (χ0) is 17.5. The lowest BCUT2D eigenvalue weighted by Gasteiger charge is -2.13. The van der Waals surface area contributed by atoms with Gasteiger partial charge in [-0.1, -0.05) is 19.9 Å². The van der Waals surface area contributed by atoms with E-state index in [1.54, 1.807) is 23.0 Å². The number of hydrogen-bond donors (Lipinski definition) is 2. The zero-order valence-electron chi connectivity index (χ0n) is 14.8. The van der Waals surface area contributed by atoms with E-state index < -0.39 is 0 Å². The summed E-state index contributed by atoms with van der Waals surface area (Å²) in [6, 6.07) is 5.20. The molecule has 0 amide bonds. The minimum atomic E-state index is -0.274. The third-order valence-corrected chi connectivity index (χ3v) is 3.54. The van der Waals surface area contributed by atoms with Gasteiger partial charge < -0.3 is 15.2 Å². The molecule has 2 rings (SSSR count). The Balaban J connectivity index is 2.10. The predicted molar refractivity (Wildman–Crippen MR) is 95.9 cm³/mol. The van der Waals surface area contributed by atoms with E-state index >= 15 is 0 Å². The molecule has 0 radical (unpaired) electrons. The molecule has 0 aliphatic heterocycles. The molecule has 2 aromatic rings. The Labute approximate surface area is 143 Å². The number of aryl methyl sites for hydroxylation is 1. The molecule has 6 heteroatoms. The van der Waals surface area contributed by atoms with Gasteiger partial charge in [-0.2, -0.15) is 0 Å². The van der Waals surface area contributed by atoms with Gasteiger partial charge >= 0.3 is 0 Å². The maximum Gasteiger partial charge on any atom is 0.191 e. The highest BCUT2D eigenvalue weighted by molar-refractivity contribution is 5.79. The second kappa shape index (κ2) is 8.47. The largest absolute Gasteiger partial charge is 0.357 e. The first kappa shape index (κ1) is 18.0. The molecule has 5 nitrogen and oxygen atoms in total. The molecule has 0 aliphatic carbocycles. The topological polar surface area (TPSA) is 54.2 Å². The van der Waals surface area contributed by atoms with Gasteiger partial charge in [0.15, 0.2) is 5.96 Å². The molecule has 1 aromatic heterocycles. The van der Waals surface area contributed by atoms with Gasteiger partial charge in [0.05, 0.1) is 12.2 Å². The Bertz CT molecular complexity index is 690. The molecule has 0 bridgehead atoms. The minimum Gasteiger partial charge on any atom is -0.357 e. The molecular weight excluding hydrogens is 305 g/mol. The predicted octanol–water partition coefficient (Wildman–Crippen LogP) is 3.03. The van der Waals surface area contributed by atoms with E-state index in [4.69, 9.17) is 0 Å². The summed E-state index contributed by atoms with van der Waals surface area (Å²) in [6.07, 6.45) is 3.42. The lowest BCUT2D eigenvalue weighted by molar-refractivity contribution is 0.612. The molecule has 1 heterocycles. The Kier molecular flexibility index (Phi) is 6.35. The lowest BCUT2D eigenvalue weighted by atomic mass is 10.2. The quantitative estimate of drug-likeness (QED) is 0.632. The van der Waals surface area contributed by atoms with Crippen LogP contribution in [-0.2, 0) is 6.54 Å². The van der Waals surface area contributed by atoms with Gasteiger partial charge in [0.1, 0.15) is 11.6 Å². The SMILES string of the molecule is CCNC(=NCc1ccc(-n2ccnc2C)c(F)c1)NCC(C)C. The first-order valence-electron chi connectivity index (χ1n) is 8.32. The van der Waals surface area contributed by atoms with Gasteiger partial charge in [-0.05, 0) is 37.5 Å². The van der Waals surface area contributed by atoms with Crippen molar-refractivity contribution in [2.45, 2.75) is 34.2 Å². The van der Waals surface area contributed by atoms with Crippen LogP contribution in [0.1, 0.15) is 32.2 Å². The second-order valence-electron chi connectivity index (χ2n) is 6.10. The molecule has 1 aromatic carbocycles. The van der Waals surface area contributed by atoms with Gasteiger partial charge in [0.25, 0.3) is 0 Å². The lowest BCUT2D eigenvalue weighted by Crippen LogP contribution is -2.39. The number of guanidine groups is 1. The van der Waals surface area contributed by atoms with Crippen LogP contribution in [0.5, 0.6) is 0 Å². The number of hydrogen-bond acceptors (Lipinski definition) is 2. The van der Waals surface area contributed by atoms with Crippen LogP contribution in [-0.4, -0.2) is 28.6 Å². The van der Waals surface area contributed by atoms with Crippen molar-refractivity contribution in [3.63, 3.8) is 0 Å². The van der Waals surface area contributed by atoms with Crippen molar-refractivity contribution >= 4 is 5.96 Å². The van der Waals surface area contributed by atoms with Crippen molar-refractivity contribution in [1.29, 1.82) is 0 Å². The van der Waals surface area contributed by atoms with Crippen LogP contribution in [0.25, 0.3) is 5.69 Å². The van der Waals surface area contributed by atoms with E-state index in [2.05, 4.69) is 34.5 Å². The summed E-state index contributed by atoms with van der Waals surface area (Å²) in [7, 11) is 0. The molecule has 0 unspecified atom stereocenters. The Hall–Kier alpha value is -2.37. The van der Waals surface area contributed by atoms with E-state index in [9.17, 15) is 4.39 Å². The average molecular weight is 331 g/mol. The Morgan fingerprint density at radius 2 is 2.12 bits per heavy atom. The van der Waals surface area contributed by atoms with Crippen LogP contribution in [0.4, 0.5) is 4.39 Å². The number of aromatic nitrogens is 2. The molecule has 0 saturated carbocycles. The van der Waals surface area contributed by atoms with Gasteiger partial charge in [0.2, 0.25) is 0 Å². The summed E-state index contributed by atoms with van der Waals surface area (Å²) in [5.74, 6) is 1.76. The summed E-state index contributed by atoms with van der Waals surface area (Å²) in [4.78, 5) is 8.64. The number of nitrogens with zero attached hydrogens (tertiary/aromatic N) is 3. The number of benzene rings is 1. The van der Waals surface area contributed by atoms with Gasteiger partial charge in [0, 0.05) is 25.5 Å². The second-order valence-corrected chi connectivity index (χ2v) is 6.10. The van der Waals surface area contributed by atoms with E-state index in [0.717, 1.165) is 30.4 Å². The number of imidazole rings is 1. The molecule has 0 spiro atoms. The maximum atomic E-state index is 14.4. The van der Waals surface area contributed by atoms with E-state index in [0.29, 0.717) is 18.2 Å². The van der Waals surface area contributed by atoms with Crippen LogP contribution in [0.15, 0.2) is 35.6 Å². The molecule has 0 aliphatic rings. The number of aliphatic imine (C=N–C) groups is 1. The van der Waals surface area contributed by atoms with E-state index in [1.165, 1.54) is 6.07 Å². The molecule has 0 fully saturated rings. The normalized spacial score (nSPS) is 11.8. The highest BCUT2D eigenvalue weighted by Crippen LogP contribution is 2.17. The van der Waals surface area contributed by atoms with Gasteiger partial charge in [-0.3, -0.25) is 0 Å². The van der Waals surface area contributed by atoms with E-state index in [-0.39, 0.29) is 5.82 Å². The molecular formula is C18H26FN5. The summed E-state index contributed by atoms with van der Waals surface area (Å²) in [6.45, 7) is 10.2. The molecule has 24 heavy (non-hydrogen) atoms. The van der Waals surface area contributed by atoms with Crippen molar-refractivity contribution in [1.82, 2.24) is 20.2 Å². The van der Waals surface area contributed by atoms with Crippen LogP contribution in [0.2, 0.25) is 0 Å². The average Bonchev–Trinajstić information content (AvgIpc) is 2.96. The van der Waals surface area contributed by atoms with Crippen LogP contribution in [0.3, 0.4) is 0 Å². The monoisotopic (exact) mass is 331 g/mol. The summed E-state index contributed by atoms with van der Waals surface area (Å²) in [5.41, 5.74) is 1.33. The third-order valence-electron chi connectivity index (χ3n) is 3.54. The minimum absolute atomic E-state index is 0.274. The third kappa shape index (κ3) is 4.81. The first-order valence-corrected chi connectivity index (χ1v) is 8.32. The van der Waals surface area contributed by atoms with Crippen molar-refractivity contribution in [3.05, 3.63) is 47.8 Å². The summed E-state index contributed by atoms with van der Waals surface area (Å²) < 4.78 is 16.1. The molecule has 0 saturated heterocycles. The van der Waals surface area contributed by atoms with Crippen LogP contribution < -0.4 is 10.6 Å². The zero-order valence-corrected chi connectivity index (χ0v) is 14.8. The highest BCUT2D eigenvalue weighted by atomic mass is 19.1. The molecule has 130 valence electrons. The Morgan fingerprint density at radius 3 is 2.71 bits per heavy atom. The van der Waals surface area contributed by atoms with Crippen molar-refractivity contribution in [2.24, 2.45) is 10.9 Å². The number of halogens is 1. The highest BCUT2D eigenvalue weighted by Gasteiger charge is 2.08. The fraction of sp³-hybridized carbons (Fsp3) is 0.444. The van der Waals surface area contributed by atoms with E-state index in [1.807, 2.05) is 19.9 Å². The van der Waals surface area contributed by atoms with Crippen molar-refractivity contribution in [2.75, 3.05) is 13.1 Å². The smallest absolute Gasteiger partial charge is 0.191 e. The Morgan fingerprint density at radius 1 is 1.33 bits per heavy atom. The standard InChI is InChI=1S/C18H26FN5/c1-5-20-18(22-11-13(2)3)23-12-15-6-7-17(16(19)10-15)24-9-8-21-14(24)4/h6-10,13H,5,11-12H2,1-4H3,(H2,20,22,23). The number of rotatable bonds is 6. The van der Waals surface area contributed by atoms with Gasteiger partial charge in [-0.25, -0.2) is 14.4 Å². The van der Waals surface area contributed by atoms with Crippen molar-refractivity contribution < 1.29 is 4.39 Å². The molecule has 2 N–H and O–H groups in total. The summed E-state index contributed by atoms with van der Waals surface area (Å²) >= 11 is 0. The first-order chi connectivity index (χ1) is 11.5. The molecule has 0 atom stereocenters. The van der Waals surface area contributed by atoms with Crippen LogP contribution in [0, 0.1) is 18.7 Å². The van der Waals surface area contributed by atoms with Gasteiger partial charge in [-0.15, -0.1) is 0 Å².